The number of hydrogen-bond acceptors (Lipinski definition) is 3. The van der Waals surface area contributed by atoms with Crippen molar-refractivity contribution in [1.29, 1.82) is 0 Å². The van der Waals surface area contributed by atoms with E-state index in [1.807, 2.05) is 0 Å². The lowest BCUT2D eigenvalue weighted by Gasteiger charge is -2.10. The van der Waals surface area contributed by atoms with Crippen molar-refractivity contribution in [3.8, 4) is 0 Å². The van der Waals surface area contributed by atoms with Gasteiger partial charge in [0.15, 0.2) is 0 Å². The van der Waals surface area contributed by atoms with E-state index in [0.29, 0.717) is 6.61 Å². The van der Waals surface area contributed by atoms with Crippen LogP contribution in [0.5, 0.6) is 0 Å². The molecular weight excluding hydrogens is 206 g/mol. The van der Waals surface area contributed by atoms with Gasteiger partial charge in [-0.1, -0.05) is 12.6 Å². The quantitative estimate of drug-likeness (QED) is 0.568. The zero-order chi connectivity index (χ0) is 12.1. The van der Waals surface area contributed by atoms with Crippen LogP contribution in [0.4, 0.5) is 0 Å². The molecule has 4 nitrogen and oxygen atoms in total. The fourth-order valence-electron chi connectivity index (χ4n) is 1.31. The van der Waals surface area contributed by atoms with E-state index >= 15 is 0 Å². The summed E-state index contributed by atoms with van der Waals surface area (Å²) in [6.45, 7) is 7.63. The van der Waals surface area contributed by atoms with Crippen LogP contribution < -0.4 is 5.56 Å². The van der Waals surface area contributed by atoms with Gasteiger partial charge in [-0.05, 0) is 19.9 Å². The molecule has 86 valence electrons. The Morgan fingerprint density at radius 3 is 2.75 bits per heavy atom. The highest BCUT2D eigenvalue weighted by molar-refractivity contribution is 5.87. The Hall–Kier alpha value is -1.84. The molecule has 0 aliphatic rings. The maximum Gasteiger partial charge on any atom is 0.335 e. The molecule has 4 heteroatoms. The number of pyridine rings is 1. The Bertz CT molecular complexity index is 460. The van der Waals surface area contributed by atoms with Crippen LogP contribution in [0.15, 0.2) is 35.1 Å². The molecule has 0 spiro atoms. The molecule has 0 unspecified atom stereocenters. The second kappa shape index (κ2) is 5.30. The van der Waals surface area contributed by atoms with Gasteiger partial charge in [0.2, 0.25) is 0 Å². The van der Waals surface area contributed by atoms with Crippen LogP contribution >= 0.6 is 0 Å². The van der Waals surface area contributed by atoms with Gasteiger partial charge in [0.05, 0.1) is 13.2 Å². The lowest BCUT2D eigenvalue weighted by atomic mass is 10.2. The number of hydrogen-bond donors (Lipinski definition) is 0. The summed E-state index contributed by atoms with van der Waals surface area (Å²) in [6, 6.07) is 4.94. The molecule has 0 aliphatic carbocycles. The van der Waals surface area contributed by atoms with E-state index in [1.54, 1.807) is 26.0 Å². The van der Waals surface area contributed by atoms with Crippen LogP contribution in [-0.4, -0.2) is 17.1 Å². The first-order chi connectivity index (χ1) is 7.56. The second-order valence-electron chi connectivity index (χ2n) is 3.42. The van der Waals surface area contributed by atoms with E-state index < -0.39 is 5.97 Å². The molecule has 0 saturated heterocycles. The highest BCUT2D eigenvalue weighted by Crippen LogP contribution is 2.01. The Morgan fingerprint density at radius 2 is 2.19 bits per heavy atom. The van der Waals surface area contributed by atoms with Crippen molar-refractivity contribution >= 4 is 5.97 Å². The molecule has 0 N–H and O–H groups in total. The van der Waals surface area contributed by atoms with E-state index in [1.165, 1.54) is 10.6 Å². The van der Waals surface area contributed by atoms with E-state index in [4.69, 9.17) is 4.74 Å². The van der Waals surface area contributed by atoms with E-state index in [-0.39, 0.29) is 17.7 Å². The lowest BCUT2D eigenvalue weighted by molar-refractivity contribution is -0.138. The first-order valence-corrected chi connectivity index (χ1v) is 5.07. The van der Waals surface area contributed by atoms with Gasteiger partial charge in [-0.2, -0.15) is 0 Å². The Balaban J connectivity index is 2.85. The van der Waals surface area contributed by atoms with E-state index in [0.717, 1.165) is 5.69 Å². The minimum atomic E-state index is -0.461. The van der Waals surface area contributed by atoms with Gasteiger partial charge >= 0.3 is 5.97 Å². The van der Waals surface area contributed by atoms with Gasteiger partial charge in [-0.3, -0.25) is 4.79 Å². The molecule has 0 fully saturated rings. The normalized spacial score (nSPS) is 9.88. The van der Waals surface area contributed by atoms with Gasteiger partial charge in [0, 0.05) is 17.3 Å². The first-order valence-electron chi connectivity index (χ1n) is 5.07. The molecule has 0 saturated carbocycles. The summed E-state index contributed by atoms with van der Waals surface area (Å²) in [6.07, 6.45) is 0. The fraction of sp³-hybridized carbons (Fsp3) is 0.333. The Morgan fingerprint density at radius 1 is 1.50 bits per heavy atom. The van der Waals surface area contributed by atoms with Crippen molar-refractivity contribution < 1.29 is 9.53 Å². The van der Waals surface area contributed by atoms with Crippen molar-refractivity contribution in [3.05, 3.63) is 46.4 Å². The smallest absolute Gasteiger partial charge is 0.335 e. The highest BCUT2D eigenvalue weighted by Gasteiger charge is 2.09. The Labute approximate surface area is 94.2 Å². The summed E-state index contributed by atoms with van der Waals surface area (Å²) in [5.41, 5.74) is 0.918. The van der Waals surface area contributed by atoms with Crippen LogP contribution in [-0.2, 0) is 16.1 Å². The molecule has 16 heavy (non-hydrogen) atoms. The third-order valence-electron chi connectivity index (χ3n) is 2.18. The maximum absolute atomic E-state index is 11.5. The van der Waals surface area contributed by atoms with Crippen LogP contribution in [0.25, 0.3) is 0 Å². The SMILES string of the molecule is C=C(Cn1c(C)cccc1=O)C(=O)OCC. The molecule has 1 heterocycles. The van der Waals surface area contributed by atoms with Crippen LogP contribution in [0.2, 0.25) is 0 Å². The number of carbonyl (C=O) groups is 1. The summed E-state index contributed by atoms with van der Waals surface area (Å²) in [5.74, 6) is -0.461. The third kappa shape index (κ3) is 2.82. The number of ether oxygens (including phenoxy) is 1. The number of nitrogens with zero attached hydrogens (tertiary/aromatic N) is 1. The molecular formula is C12H15NO3. The molecule has 1 aromatic rings. The molecule has 0 aromatic carbocycles. The monoisotopic (exact) mass is 221 g/mol. The zero-order valence-corrected chi connectivity index (χ0v) is 9.53. The van der Waals surface area contributed by atoms with Crippen molar-refractivity contribution in [3.63, 3.8) is 0 Å². The van der Waals surface area contributed by atoms with Gasteiger partial charge in [0.1, 0.15) is 0 Å². The maximum atomic E-state index is 11.5. The van der Waals surface area contributed by atoms with E-state index in [9.17, 15) is 9.59 Å². The highest BCUT2D eigenvalue weighted by atomic mass is 16.5. The average Bonchev–Trinajstić information content (AvgIpc) is 2.23. The molecule has 0 atom stereocenters. The van der Waals surface area contributed by atoms with Gasteiger partial charge in [0.25, 0.3) is 5.56 Å². The predicted molar refractivity (Wildman–Crippen MR) is 61.2 cm³/mol. The molecule has 0 radical (unpaired) electrons. The summed E-state index contributed by atoms with van der Waals surface area (Å²) >= 11 is 0. The predicted octanol–water partition coefficient (Wildman–Crippen LogP) is 1.28. The summed E-state index contributed by atoms with van der Waals surface area (Å²) in [5, 5.41) is 0. The largest absolute Gasteiger partial charge is 0.463 e. The summed E-state index contributed by atoms with van der Waals surface area (Å²) in [7, 11) is 0. The van der Waals surface area contributed by atoms with Crippen molar-refractivity contribution in [2.24, 2.45) is 0 Å². The number of aryl methyl sites for hydroxylation is 1. The minimum Gasteiger partial charge on any atom is -0.463 e. The van der Waals surface area contributed by atoms with Gasteiger partial charge in [-0.15, -0.1) is 0 Å². The molecule has 0 bridgehead atoms. The average molecular weight is 221 g/mol. The lowest BCUT2D eigenvalue weighted by Crippen LogP contribution is -2.24. The standard InChI is InChI=1S/C12H15NO3/c1-4-16-12(15)9(2)8-13-10(3)6-5-7-11(13)14/h5-7H,2,4,8H2,1,3H3. The number of aromatic nitrogens is 1. The third-order valence-corrected chi connectivity index (χ3v) is 2.18. The van der Waals surface area contributed by atoms with Crippen molar-refractivity contribution in [2.45, 2.75) is 20.4 Å². The second-order valence-corrected chi connectivity index (χ2v) is 3.42. The zero-order valence-electron chi connectivity index (χ0n) is 9.53. The minimum absolute atomic E-state index is 0.148. The number of carbonyl (C=O) groups excluding carboxylic acids is 1. The summed E-state index contributed by atoms with van der Waals surface area (Å²) < 4.78 is 6.29. The van der Waals surface area contributed by atoms with Crippen LogP contribution in [0.3, 0.4) is 0 Å². The summed E-state index contributed by atoms with van der Waals surface area (Å²) in [4.78, 5) is 22.9. The van der Waals surface area contributed by atoms with Gasteiger partial charge < -0.3 is 9.30 Å². The van der Waals surface area contributed by atoms with Crippen LogP contribution in [0, 0.1) is 6.92 Å². The van der Waals surface area contributed by atoms with Crippen molar-refractivity contribution in [2.75, 3.05) is 6.61 Å². The first kappa shape index (κ1) is 12.2. The molecule has 0 aliphatic heterocycles. The van der Waals surface area contributed by atoms with Gasteiger partial charge in [-0.25, -0.2) is 4.79 Å². The number of esters is 1. The van der Waals surface area contributed by atoms with Crippen molar-refractivity contribution in [1.82, 2.24) is 4.57 Å². The fourth-order valence-corrected chi connectivity index (χ4v) is 1.31. The van der Waals surface area contributed by atoms with E-state index in [2.05, 4.69) is 6.58 Å². The number of rotatable bonds is 4. The molecule has 0 amide bonds. The van der Waals surface area contributed by atoms with Crippen LogP contribution in [0.1, 0.15) is 12.6 Å². The molecule has 1 aromatic heterocycles. The molecule has 1 rings (SSSR count). The topological polar surface area (TPSA) is 48.3 Å². The Kier molecular flexibility index (Phi) is 4.05.